The SMILES string of the molecule is c1ccc2c(c1)OCC(c1nc3c4c5c(sc4ncn3n1)CCCC5)O2. The van der Waals surface area contributed by atoms with Crippen molar-refractivity contribution < 1.29 is 9.47 Å². The average Bonchev–Trinajstić information content (AvgIpc) is 3.28. The molecule has 0 fully saturated rings. The second-order valence-electron chi connectivity index (χ2n) is 6.74. The van der Waals surface area contributed by atoms with Gasteiger partial charge in [-0.25, -0.2) is 14.5 Å². The van der Waals surface area contributed by atoms with Gasteiger partial charge >= 0.3 is 0 Å². The Hall–Kier alpha value is -2.67. The van der Waals surface area contributed by atoms with Crippen LogP contribution in [0.15, 0.2) is 30.6 Å². The van der Waals surface area contributed by atoms with Crippen LogP contribution in [0, 0.1) is 0 Å². The van der Waals surface area contributed by atoms with Crippen LogP contribution in [-0.2, 0) is 12.8 Å². The maximum absolute atomic E-state index is 6.07. The first kappa shape index (κ1) is 14.5. The van der Waals surface area contributed by atoms with Gasteiger partial charge in [0.2, 0.25) is 0 Å². The second-order valence-corrected chi connectivity index (χ2v) is 7.82. The zero-order valence-electron chi connectivity index (χ0n) is 14.0. The Morgan fingerprint density at radius 2 is 2.00 bits per heavy atom. The summed E-state index contributed by atoms with van der Waals surface area (Å²) in [6.45, 7) is 0.409. The van der Waals surface area contributed by atoms with Gasteiger partial charge in [0, 0.05) is 4.88 Å². The Labute approximate surface area is 153 Å². The summed E-state index contributed by atoms with van der Waals surface area (Å²) < 4.78 is 13.7. The molecule has 1 atom stereocenters. The molecular weight excluding hydrogens is 348 g/mol. The number of para-hydroxylation sites is 2. The Kier molecular flexibility index (Phi) is 3.02. The molecule has 130 valence electrons. The van der Waals surface area contributed by atoms with E-state index in [4.69, 9.17) is 14.5 Å². The summed E-state index contributed by atoms with van der Waals surface area (Å²) in [4.78, 5) is 12.0. The van der Waals surface area contributed by atoms with E-state index in [0.29, 0.717) is 12.4 Å². The Bertz CT molecular complexity index is 1150. The van der Waals surface area contributed by atoms with Crippen molar-refractivity contribution in [2.45, 2.75) is 31.8 Å². The molecule has 6 nitrogen and oxygen atoms in total. The van der Waals surface area contributed by atoms with Crippen molar-refractivity contribution in [3.05, 3.63) is 46.9 Å². The number of thiophene rings is 1. The van der Waals surface area contributed by atoms with Crippen LogP contribution in [0.5, 0.6) is 11.5 Å². The number of aromatic nitrogens is 4. The second kappa shape index (κ2) is 5.41. The lowest BCUT2D eigenvalue weighted by molar-refractivity contribution is 0.0852. The minimum absolute atomic E-state index is 0.311. The lowest BCUT2D eigenvalue weighted by Gasteiger charge is -2.24. The normalized spacial score (nSPS) is 19.0. The molecule has 26 heavy (non-hydrogen) atoms. The molecule has 0 saturated heterocycles. The molecule has 1 aromatic carbocycles. The molecule has 3 aromatic heterocycles. The molecule has 1 unspecified atom stereocenters. The van der Waals surface area contributed by atoms with Crippen molar-refractivity contribution in [1.82, 2.24) is 19.6 Å². The van der Waals surface area contributed by atoms with Gasteiger partial charge in [-0.1, -0.05) is 12.1 Å². The maximum Gasteiger partial charge on any atom is 0.196 e. The van der Waals surface area contributed by atoms with E-state index in [1.54, 1.807) is 22.2 Å². The molecule has 0 N–H and O–H groups in total. The molecule has 6 rings (SSSR count). The van der Waals surface area contributed by atoms with Crippen molar-refractivity contribution in [3.63, 3.8) is 0 Å². The van der Waals surface area contributed by atoms with Crippen molar-refractivity contribution in [3.8, 4) is 11.5 Å². The summed E-state index contributed by atoms with van der Waals surface area (Å²) in [7, 11) is 0. The van der Waals surface area contributed by atoms with Crippen LogP contribution >= 0.6 is 11.3 Å². The Morgan fingerprint density at radius 3 is 2.96 bits per heavy atom. The Morgan fingerprint density at radius 1 is 1.12 bits per heavy atom. The van der Waals surface area contributed by atoms with E-state index in [1.807, 2.05) is 24.3 Å². The predicted molar refractivity (Wildman–Crippen MR) is 98.1 cm³/mol. The topological polar surface area (TPSA) is 61.5 Å². The number of hydrogen-bond donors (Lipinski definition) is 0. The highest BCUT2D eigenvalue weighted by atomic mass is 32.1. The van der Waals surface area contributed by atoms with E-state index in [2.05, 4.69) is 10.1 Å². The van der Waals surface area contributed by atoms with E-state index >= 15 is 0 Å². The van der Waals surface area contributed by atoms with Crippen LogP contribution in [0.3, 0.4) is 0 Å². The van der Waals surface area contributed by atoms with Gasteiger partial charge in [-0.3, -0.25) is 0 Å². The van der Waals surface area contributed by atoms with Gasteiger partial charge in [-0.15, -0.1) is 16.4 Å². The summed E-state index contributed by atoms with van der Waals surface area (Å²) in [6, 6.07) is 7.70. The largest absolute Gasteiger partial charge is 0.485 e. The molecule has 4 heterocycles. The quantitative estimate of drug-likeness (QED) is 0.515. The number of nitrogens with zero attached hydrogens (tertiary/aromatic N) is 4. The zero-order chi connectivity index (χ0) is 17.1. The molecule has 1 aliphatic heterocycles. The Balaban J connectivity index is 1.47. The third-order valence-electron chi connectivity index (χ3n) is 5.10. The van der Waals surface area contributed by atoms with E-state index in [9.17, 15) is 0 Å². The highest BCUT2D eigenvalue weighted by Gasteiger charge is 2.27. The predicted octanol–water partition coefficient (Wildman–Crippen LogP) is 3.73. The van der Waals surface area contributed by atoms with E-state index in [1.165, 1.54) is 28.7 Å². The van der Waals surface area contributed by atoms with E-state index < -0.39 is 0 Å². The molecule has 4 aromatic rings. The van der Waals surface area contributed by atoms with Gasteiger partial charge in [0.25, 0.3) is 0 Å². The minimum Gasteiger partial charge on any atom is -0.485 e. The van der Waals surface area contributed by atoms with Crippen LogP contribution in [0.1, 0.15) is 35.2 Å². The van der Waals surface area contributed by atoms with Crippen molar-refractivity contribution in [1.29, 1.82) is 0 Å². The van der Waals surface area contributed by atoms with Crippen LogP contribution in [0.25, 0.3) is 15.9 Å². The van der Waals surface area contributed by atoms with Gasteiger partial charge in [-0.2, -0.15) is 0 Å². The lowest BCUT2D eigenvalue weighted by atomic mass is 9.97. The number of ether oxygens (including phenoxy) is 2. The highest BCUT2D eigenvalue weighted by molar-refractivity contribution is 7.19. The summed E-state index contributed by atoms with van der Waals surface area (Å²) in [5, 5.41) is 5.80. The number of benzene rings is 1. The van der Waals surface area contributed by atoms with Gasteiger partial charge in [0.1, 0.15) is 17.8 Å². The first-order valence-corrected chi connectivity index (χ1v) is 9.72. The van der Waals surface area contributed by atoms with Crippen LogP contribution in [0.4, 0.5) is 0 Å². The monoisotopic (exact) mass is 364 g/mol. The molecule has 0 saturated carbocycles. The first-order valence-electron chi connectivity index (χ1n) is 8.91. The fourth-order valence-electron chi connectivity index (χ4n) is 3.85. The third kappa shape index (κ3) is 2.07. The summed E-state index contributed by atoms with van der Waals surface area (Å²) in [5.74, 6) is 2.15. The van der Waals surface area contributed by atoms with Crippen LogP contribution in [0.2, 0.25) is 0 Å². The number of fused-ring (bicyclic) bond motifs is 6. The van der Waals surface area contributed by atoms with Crippen LogP contribution in [-0.4, -0.2) is 26.2 Å². The smallest absolute Gasteiger partial charge is 0.196 e. The van der Waals surface area contributed by atoms with Crippen molar-refractivity contribution in [2.24, 2.45) is 0 Å². The molecule has 0 radical (unpaired) electrons. The van der Waals surface area contributed by atoms with E-state index in [0.717, 1.165) is 34.8 Å². The fourth-order valence-corrected chi connectivity index (χ4v) is 5.08. The van der Waals surface area contributed by atoms with Gasteiger partial charge in [-0.05, 0) is 43.4 Å². The first-order chi connectivity index (χ1) is 12.9. The number of aryl methyl sites for hydroxylation is 2. The highest BCUT2D eigenvalue weighted by Crippen LogP contribution is 2.38. The maximum atomic E-state index is 6.07. The van der Waals surface area contributed by atoms with Crippen molar-refractivity contribution in [2.75, 3.05) is 6.61 Å². The van der Waals surface area contributed by atoms with Gasteiger partial charge in [0.05, 0.1) is 5.39 Å². The molecule has 2 aliphatic rings. The molecule has 0 amide bonds. The number of rotatable bonds is 1. The fraction of sp³-hybridized carbons (Fsp3) is 0.316. The van der Waals surface area contributed by atoms with Crippen molar-refractivity contribution >= 4 is 27.2 Å². The summed E-state index contributed by atoms with van der Waals surface area (Å²) in [6.07, 6.45) is 6.20. The lowest BCUT2D eigenvalue weighted by Crippen LogP contribution is -2.22. The molecule has 7 heteroatoms. The van der Waals surface area contributed by atoms with Gasteiger partial charge < -0.3 is 9.47 Å². The standard InChI is InChI=1S/C19H16N4O2S/c1-4-8-15-11(5-1)16-18-21-17(22-23(18)10-20-19(16)26-15)14-9-24-12-6-2-3-7-13(12)25-14/h2-3,6-7,10,14H,1,4-5,8-9H2. The summed E-state index contributed by atoms with van der Waals surface area (Å²) >= 11 is 1.80. The van der Waals surface area contributed by atoms with E-state index in [-0.39, 0.29) is 6.10 Å². The van der Waals surface area contributed by atoms with Crippen LogP contribution < -0.4 is 9.47 Å². The van der Waals surface area contributed by atoms with Gasteiger partial charge in [0.15, 0.2) is 29.1 Å². The minimum atomic E-state index is -0.311. The molecular formula is C19H16N4O2S. The third-order valence-corrected chi connectivity index (χ3v) is 6.30. The zero-order valence-corrected chi connectivity index (χ0v) is 14.8. The molecule has 0 bridgehead atoms. The average molecular weight is 364 g/mol. The number of hydrogen-bond acceptors (Lipinski definition) is 6. The molecule has 0 spiro atoms. The summed E-state index contributed by atoms with van der Waals surface area (Å²) in [5.41, 5.74) is 2.30. The molecule has 1 aliphatic carbocycles.